The van der Waals surface area contributed by atoms with E-state index in [1.807, 2.05) is 0 Å². The lowest BCUT2D eigenvalue weighted by molar-refractivity contribution is 0.421. The van der Waals surface area contributed by atoms with Gasteiger partial charge in [-0.1, -0.05) is 0 Å². The normalized spacial score (nSPS) is 23.0. The summed E-state index contributed by atoms with van der Waals surface area (Å²) < 4.78 is 3.86. The molecule has 0 saturated carbocycles. The van der Waals surface area contributed by atoms with Crippen molar-refractivity contribution in [3.63, 3.8) is 0 Å². The number of benzene rings is 1. The van der Waals surface area contributed by atoms with Crippen LogP contribution in [0.1, 0.15) is 13.8 Å². The Balaban J connectivity index is 2.13. The van der Waals surface area contributed by atoms with E-state index in [1.165, 1.54) is 0 Å². The first-order chi connectivity index (χ1) is 9.90. The van der Waals surface area contributed by atoms with Crippen LogP contribution in [0.4, 0.5) is 5.95 Å². The number of piperazine rings is 1. The van der Waals surface area contributed by atoms with Gasteiger partial charge in [-0.3, -0.25) is 0 Å². The summed E-state index contributed by atoms with van der Waals surface area (Å²) in [5, 5.41) is 3.49. The number of rotatable bonds is 1. The van der Waals surface area contributed by atoms with E-state index < -0.39 is 0 Å². The summed E-state index contributed by atoms with van der Waals surface area (Å²) in [6.07, 6.45) is 0. The minimum atomic E-state index is 0.409. The summed E-state index contributed by atoms with van der Waals surface area (Å²) in [5.74, 6) is 0.914. The van der Waals surface area contributed by atoms with Crippen LogP contribution in [0.25, 0.3) is 11.0 Å². The van der Waals surface area contributed by atoms with Crippen LogP contribution < -0.4 is 10.2 Å². The third-order valence-corrected chi connectivity index (χ3v) is 8.48. The average molecular weight is 546 g/mol. The number of anilines is 1. The highest BCUT2D eigenvalue weighted by atomic mass is 79.9. The summed E-state index contributed by atoms with van der Waals surface area (Å²) in [5.41, 5.74) is 1.91. The second-order valence-electron chi connectivity index (χ2n) is 5.35. The first-order valence-corrected chi connectivity index (χ1v) is 9.79. The van der Waals surface area contributed by atoms with E-state index in [1.54, 1.807) is 0 Å². The van der Waals surface area contributed by atoms with E-state index in [0.717, 1.165) is 48.0 Å². The molecule has 3 rings (SSSR count). The third kappa shape index (κ3) is 2.82. The highest BCUT2D eigenvalue weighted by Gasteiger charge is 2.26. The largest absolute Gasteiger partial charge is 0.337 e. The summed E-state index contributed by atoms with van der Waals surface area (Å²) in [6, 6.07) is 0.867. The Bertz CT molecular complexity index is 654. The Morgan fingerprint density at radius 3 is 2.43 bits per heavy atom. The van der Waals surface area contributed by atoms with Gasteiger partial charge in [-0.25, -0.2) is 4.98 Å². The zero-order valence-corrected chi connectivity index (χ0v) is 17.8. The van der Waals surface area contributed by atoms with Crippen LogP contribution in [0.15, 0.2) is 17.9 Å². The lowest BCUT2D eigenvalue weighted by atomic mass is 10.1. The Hall–Kier alpha value is 0.370. The molecule has 8 heteroatoms. The van der Waals surface area contributed by atoms with E-state index in [4.69, 9.17) is 4.98 Å². The molecule has 1 saturated heterocycles. The van der Waals surface area contributed by atoms with Crippen LogP contribution in [-0.2, 0) is 0 Å². The van der Waals surface area contributed by atoms with E-state index in [0.29, 0.717) is 12.1 Å². The van der Waals surface area contributed by atoms with Crippen molar-refractivity contribution in [2.75, 3.05) is 18.0 Å². The van der Waals surface area contributed by atoms with E-state index in [2.05, 4.69) is 92.8 Å². The number of imidazole rings is 1. The Morgan fingerprint density at radius 1 is 1.05 bits per heavy atom. The molecule has 0 amide bonds. The smallest absolute Gasteiger partial charge is 0.204 e. The molecule has 1 aliphatic heterocycles. The zero-order chi connectivity index (χ0) is 15.3. The van der Waals surface area contributed by atoms with Gasteiger partial charge in [0.05, 0.1) is 14.5 Å². The maximum atomic E-state index is 4.80. The van der Waals surface area contributed by atoms with E-state index in [-0.39, 0.29) is 0 Å². The Kier molecular flexibility index (Phi) is 4.72. The van der Waals surface area contributed by atoms with Crippen LogP contribution in [0.5, 0.6) is 0 Å². The molecule has 114 valence electrons. The van der Waals surface area contributed by atoms with Gasteiger partial charge in [0.2, 0.25) is 5.95 Å². The Labute approximate surface area is 157 Å². The van der Waals surface area contributed by atoms with Crippen molar-refractivity contribution in [3.05, 3.63) is 17.9 Å². The van der Waals surface area contributed by atoms with Gasteiger partial charge in [0.25, 0.3) is 0 Å². The fourth-order valence-corrected chi connectivity index (χ4v) is 4.82. The molecule has 0 bridgehead atoms. The SMILES string of the molecule is C[C@@H]1CN(c2nc3c(Br)c(Br)c(Br)c(Br)c3[nH]2)[C@@H](C)CN1. The molecule has 4 nitrogen and oxygen atoms in total. The molecule has 2 aromatic rings. The highest BCUT2D eigenvalue weighted by molar-refractivity contribution is 9.15. The van der Waals surface area contributed by atoms with Crippen molar-refractivity contribution in [3.8, 4) is 0 Å². The number of aromatic nitrogens is 2. The lowest BCUT2D eigenvalue weighted by Crippen LogP contribution is -2.54. The molecular formula is C13H14Br4N4. The van der Waals surface area contributed by atoms with Gasteiger partial charge < -0.3 is 15.2 Å². The third-order valence-electron chi connectivity index (χ3n) is 3.73. The van der Waals surface area contributed by atoms with Gasteiger partial charge in [-0.05, 0) is 77.6 Å². The molecule has 2 atom stereocenters. The molecule has 1 aliphatic rings. The minimum Gasteiger partial charge on any atom is -0.337 e. The summed E-state index contributed by atoms with van der Waals surface area (Å²) in [4.78, 5) is 10.6. The van der Waals surface area contributed by atoms with Crippen molar-refractivity contribution >= 4 is 80.7 Å². The topological polar surface area (TPSA) is 44.0 Å². The Morgan fingerprint density at radius 2 is 1.71 bits per heavy atom. The molecule has 1 aromatic heterocycles. The molecule has 2 N–H and O–H groups in total. The van der Waals surface area contributed by atoms with E-state index in [9.17, 15) is 0 Å². The number of aromatic amines is 1. The number of hydrogen-bond donors (Lipinski definition) is 2. The monoisotopic (exact) mass is 542 g/mol. The zero-order valence-electron chi connectivity index (χ0n) is 11.5. The van der Waals surface area contributed by atoms with Crippen molar-refractivity contribution < 1.29 is 0 Å². The minimum absolute atomic E-state index is 0.409. The maximum Gasteiger partial charge on any atom is 0.204 e. The van der Waals surface area contributed by atoms with Crippen LogP contribution in [0.3, 0.4) is 0 Å². The quantitative estimate of drug-likeness (QED) is 0.400. The predicted molar refractivity (Wildman–Crippen MR) is 101 cm³/mol. The molecule has 1 aromatic carbocycles. The molecular weight excluding hydrogens is 532 g/mol. The summed E-state index contributed by atoms with van der Waals surface area (Å²) in [7, 11) is 0. The molecule has 1 fully saturated rings. The average Bonchev–Trinajstić information content (AvgIpc) is 2.90. The van der Waals surface area contributed by atoms with Gasteiger partial charge in [-0.15, -0.1) is 0 Å². The van der Waals surface area contributed by atoms with Crippen LogP contribution in [0, 0.1) is 0 Å². The predicted octanol–water partition coefficient (Wildman–Crippen LogP) is 4.80. The highest BCUT2D eigenvalue weighted by Crippen LogP contribution is 2.43. The number of halogens is 4. The van der Waals surface area contributed by atoms with Crippen LogP contribution in [0.2, 0.25) is 0 Å². The first-order valence-electron chi connectivity index (χ1n) is 6.61. The molecule has 0 spiro atoms. The molecule has 21 heavy (non-hydrogen) atoms. The second-order valence-corrected chi connectivity index (χ2v) is 8.52. The standard InChI is InChI=1S/C13H14Br4N4/c1-5-4-21(6(2)3-18-5)13-19-11-9(16)7(14)8(15)10(17)12(11)20-13/h5-6,18H,3-4H2,1-2H3,(H,19,20)/t5-,6+/m1/s1. The van der Waals surface area contributed by atoms with Gasteiger partial charge in [-0.2, -0.15) is 0 Å². The number of fused-ring (bicyclic) bond motifs is 1. The van der Waals surface area contributed by atoms with Crippen molar-refractivity contribution in [2.45, 2.75) is 25.9 Å². The second kappa shape index (κ2) is 6.11. The number of nitrogens with one attached hydrogen (secondary N) is 2. The van der Waals surface area contributed by atoms with Gasteiger partial charge in [0.1, 0.15) is 5.52 Å². The fourth-order valence-electron chi connectivity index (χ4n) is 2.54. The lowest BCUT2D eigenvalue weighted by Gasteiger charge is -2.37. The number of hydrogen-bond acceptors (Lipinski definition) is 3. The van der Waals surface area contributed by atoms with Gasteiger partial charge >= 0.3 is 0 Å². The summed E-state index contributed by atoms with van der Waals surface area (Å²) in [6.45, 7) is 6.31. The van der Waals surface area contributed by atoms with Crippen LogP contribution in [-0.4, -0.2) is 35.1 Å². The molecule has 0 radical (unpaired) electrons. The summed E-state index contributed by atoms with van der Waals surface area (Å²) >= 11 is 14.4. The molecule has 2 heterocycles. The fraction of sp³-hybridized carbons (Fsp3) is 0.462. The van der Waals surface area contributed by atoms with Crippen molar-refractivity contribution in [2.24, 2.45) is 0 Å². The molecule has 0 unspecified atom stereocenters. The maximum absolute atomic E-state index is 4.80. The molecule has 0 aliphatic carbocycles. The van der Waals surface area contributed by atoms with E-state index >= 15 is 0 Å². The van der Waals surface area contributed by atoms with Crippen molar-refractivity contribution in [1.29, 1.82) is 0 Å². The number of nitrogens with zero attached hydrogens (tertiary/aromatic N) is 2. The van der Waals surface area contributed by atoms with Crippen LogP contribution >= 0.6 is 63.7 Å². The van der Waals surface area contributed by atoms with Crippen molar-refractivity contribution in [1.82, 2.24) is 15.3 Å². The first kappa shape index (κ1) is 16.2. The van der Waals surface area contributed by atoms with Gasteiger partial charge in [0.15, 0.2) is 0 Å². The van der Waals surface area contributed by atoms with Gasteiger partial charge in [0, 0.05) is 34.1 Å². The number of H-pyrrole nitrogens is 1.